The van der Waals surface area contributed by atoms with Gasteiger partial charge in [-0.1, -0.05) is 12.1 Å². The number of fused-ring (bicyclic) bond motifs is 1. The maximum absolute atomic E-state index is 12.8. The molecule has 1 aliphatic heterocycles. The lowest BCUT2D eigenvalue weighted by Crippen LogP contribution is -2.43. The van der Waals surface area contributed by atoms with Crippen LogP contribution in [-0.4, -0.2) is 54.7 Å². The number of likely N-dealkylation sites (N-methyl/N-ethyl adjacent to an activating group) is 1. The van der Waals surface area contributed by atoms with Gasteiger partial charge in [0.25, 0.3) is 5.91 Å². The van der Waals surface area contributed by atoms with Crippen molar-refractivity contribution in [2.24, 2.45) is 0 Å². The number of ketones is 1. The van der Waals surface area contributed by atoms with Crippen LogP contribution in [0.15, 0.2) is 28.7 Å². The van der Waals surface area contributed by atoms with Gasteiger partial charge in [0.05, 0.1) is 5.56 Å². The molecule has 4 rings (SSSR count). The zero-order valence-corrected chi connectivity index (χ0v) is 16.6. The standard InChI is InChI=1S/C22H27N3O3/c1-15-20-18(26)7-4-8-19(20)28-21(15)22(27)23-17-6-3-5-16(13-17)14-25-11-9-24(2)10-12-25/h3,5-6,13H,4,7-12,14H2,1-2H3,(H,23,27). The van der Waals surface area contributed by atoms with Gasteiger partial charge in [-0.3, -0.25) is 14.5 Å². The van der Waals surface area contributed by atoms with E-state index < -0.39 is 0 Å². The Morgan fingerprint density at radius 2 is 1.96 bits per heavy atom. The number of furan rings is 1. The van der Waals surface area contributed by atoms with Gasteiger partial charge in [-0.25, -0.2) is 0 Å². The summed E-state index contributed by atoms with van der Waals surface area (Å²) < 4.78 is 5.76. The summed E-state index contributed by atoms with van der Waals surface area (Å²) in [4.78, 5) is 29.7. The Bertz CT molecular complexity index is 894. The van der Waals surface area contributed by atoms with Crippen LogP contribution in [0.2, 0.25) is 0 Å². The van der Waals surface area contributed by atoms with Crippen LogP contribution >= 0.6 is 0 Å². The molecule has 2 aliphatic rings. The molecule has 0 saturated carbocycles. The van der Waals surface area contributed by atoms with E-state index in [1.165, 1.54) is 5.56 Å². The smallest absolute Gasteiger partial charge is 0.291 e. The van der Waals surface area contributed by atoms with Crippen molar-refractivity contribution >= 4 is 17.4 Å². The number of piperazine rings is 1. The van der Waals surface area contributed by atoms with Crippen LogP contribution in [0.25, 0.3) is 0 Å². The molecule has 0 atom stereocenters. The summed E-state index contributed by atoms with van der Waals surface area (Å²) in [5.41, 5.74) is 3.19. The molecule has 1 N–H and O–H groups in total. The molecule has 2 aromatic rings. The third kappa shape index (κ3) is 3.88. The summed E-state index contributed by atoms with van der Waals surface area (Å²) in [6.45, 7) is 6.94. The second-order valence-corrected chi connectivity index (χ2v) is 7.87. The minimum atomic E-state index is -0.295. The molecule has 6 nitrogen and oxygen atoms in total. The van der Waals surface area contributed by atoms with Crippen molar-refractivity contribution in [2.75, 3.05) is 38.5 Å². The Kier molecular flexibility index (Phi) is 5.33. The summed E-state index contributed by atoms with van der Waals surface area (Å²) in [5.74, 6) is 0.694. The first-order chi connectivity index (χ1) is 13.5. The highest BCUT2D eigenvalue weighted by Gasteiger charge is 2.28. The number of hydrogen-bond donors (Lipinski definition) is 1. The zero-order valence-electron chi connectivity index (χ0n) is 16.6. The van der Waals surface area contributed by atoms with E-state index in [0.29, 0.717) is 23.3 Å². The molecule has 1 aliphatic carbocycles. The molecule has 1 saturated heterocycles. The fraction of sp³-hybridized carbons (Fsp3) is 0.455. The third-order valence-electron chi connectivity index (χ3n) is 5.70. The first-order valence-corrected chi connectivity index (χ1v) is 9.98. The van der Waals surface area contributed by atoms with E-state index in [9.17, 15) is 9.59 Å². The minimum absolute atomic E-state index is 0.0794. The van der Waals surface area contributed by atoms with Gasteiger partial charge in [0.2, 0.25) is 0 Å². The zero-order chi connectivity index (χ0) is 19.7. The lowest BCUT2D eigenvalue weighted by atomic mass is 9.94. The number of rotatable bonds is 4. The highest BCUT2D eigenvalue weighted by Crippen LogP contribution is 2.29. The van der Waals surface area contributed by atoms with E-state index in [1.807, 2.05) is 18.2 Å². The van der Waals surface area contributed by atoms with Gasteiger partial charge in [-0.15, -0.1) is 0 Å². The second-order valence-electron chi connectivity index (χ2n) is 7.87. The lowest BCUT2D eigenvalue weighted by Gasteiger charge is -2.32. The van der Waals surface area contributed by atoms with Crippen molar-refractivity contribution in [1.29, 1.82) is 0 Å². The highest BCUT2D eigenvalue weighted by atomic mass is 16.4. The fourth-order valence-corrected chi connectivity index (χ4v) is 4.06. The summed E-state index contributed by atoms with van der Waals surface area (Å²) in [6.07, 6.45) is 2.03. The number of Topliss-reactive ketones (excluding diaryl/α,β-unsaturated/α-hetero) is 1. The molecule has 28 heavy (non-hydrogen) atoms. The number of nitrogens with one attached hydrogen (secondary N) is 1. The molecule has 2 heterocycles. The molecule has 0 bridgehead atoms. The SMILES string of the molecule is Cc1c(C(=O)Nc2cccc(CN3CCN(C)CC3)c2)oc2c1C(=O)CCC2. The number of nitrogens with zero attached hydrogens (tertiary/aromatic N) is 2. The van der Waals surface area contributed by atoms with Crippen molar-refractivity contribution in [3.63, 3.8) is 0 Å². The summed E-state index contributed by atoms with van der Waals surface area (Å²) >= 11 is 0. The number of carbonyl (C=O) groups excluding carboxylic acids is 2. The number of amides is 1. The van der Waals surface area contributed by atoms with Gasteiger partial charge in [0, 0.05) is 56.8 Å². The van der Waals surface area contributed by atoms with Crippen LogP contribution in [0.1, 0.15) is 50.6 Å². The van der Waals surface area contributed by atoms with Crippen LogP contribution in [0.5, 0.6) is 0 Å². The Labute approximate surface area is 165 Å². The maximum atomic E-state index is 12.8. The van der Waals surface area contributed by atoms with Crippen molar-refractivity contribution in [3.8, 4) is 0 Å². The van der Waals surface area contributed by atoms with Gasteiger partial charge in [0.1, 0.15) is 5.76 Å². The van der Waals surface area contributed by atoms with Crippen LogP contribution in [0, 0.1) is 6.92 Å². The van der Waals surface area contributed by atoms with E-state index in [1.54, 1.807) is 6.92 Å². The van der Waals surface area contributed by atoms with Crippen LogP contribution < -0.4 is 5.32 Å². The van der Waals surface area contributed by atoms with E-state index in [0.717, 1.165) is 51.3 Å². The second kappa shape index (κ2) is 7.89. The molecule has 1 aromatic carbocycles. The summed E-state index contributed by atoms with van der Waals surface area (Å²) in [5, 5.41) is 2.94. The predicted molar refractivity (Wildman–Crippen MR) is 108 cm³/mol. The van der Waals surface area contributed by atoms with Crippen molar-refractivity contribution in [2.45, 2.75) is 32.7 Å². The Morgan fingerprint density at radius 3 is 2.71 bits per heavy atom. The largest absolute Gasteiger partial charge is 0.455 e. The van der Waals surface area contributed by atoms with Crippen LogP contribution in [0.3, 0.4) is 0 Å². The summed E-state index contributed by atoms with van der Waals surface area (Å²) in [7, 11) is 2.15. The molecule has 0 unspecified atom stereocenters. The molecule has 148 valence electrons. The van der Waals surface area contributed by atoms with Crippen molar-refractivity contribution in [1.82, 2.24) is 9.80 Å². The normalized spacial score (nSPS) is 18.1. The predicted octanol–water partition coefficient (Wildman–Crippen LogP) is 3.11. The Balaban J connectivity index is 1.46. The molecule has 1 amide bonds. The number of anilines is 1. The van der Waals surface area contributed by atoms with Gasteiger partial charge in [0.15, 0.2) is 11.5 Å². The summed E-state index contributed by atoms with van der Waals surface area (Å²) in [6, 6.07) is 7.95. The van der Waals surface area contributed by atoms with Gasteiger partial charge < -0.3 is 14.6 Å². The van der Waals surface area contributed by atoms with Gasteiger partial charge in [-0.2, -0.15) is 0 Å². The van der Waals surface area contributed by atoms with Crippen LogP contribution in [-0.2, 0) is 13.0 Å². The van der Waals surface area contributed by atoms with E-state index in [2.05, 4.69) is 28.2 Å². The molecule has 0 spiro atoms. The third-order valence-corrected chi connectivity index (χ3v) is 5.70. The monoisotopic (exact) mass is 381 g/mol. The topological polar surface area (TPSA) is 65.8 Å². The van der Waals surface area contributed by atoms with E-state index in [-0.39, 0.29) is 17.5 Å². The fourth-order valence-electron chi connectivity index (χ4n) is 4.06. The average molecular weight is 381 g/mol. The first kappa shape index (κ1) is 18.9. The minimum Gasteiger partial charge on any atom is -0.455 e. The van der Waals surface area contributed by atoms with Crippen LogP contribution in [0.4, 0.5) is 5.69 Å². The number of benzene rings is 1. The lowest BCUT2D eigenvalue weighted by molar-refractivity contribution is 0.0963. The molecule has 6 heteroatoms. The quantitative estimate of drug-likeness (QED) is 0.882. The molecule has 0 radical (unpaired) electrons. The molecular weight excluding hydrogens is 354 g/mol. The van der Waals surface area contributed by atoms with Gasteiger partial charge in [-0.05, 0) is 38.1 Å². The molecular formula is C22H27N3O3. The molecule has 1 aromatic heterocycles. The number of carbonyl (C=O) groups is 2. The number of aryl methyl sites for hydroxylation is 1. The van der Waals surface area contributed by atoms with E-state index in [4.69, 9.17) is 4.42 Å². The molecule has 1 fully saturated rings. The highest BCUT2D eigenvalue weighted by molar-refractivity contribution is 6.07. The Morgan fingerprint density at radius 1 is 1.18 bits per heavy atom. The first-order valence-electron chi connectivity index (χ1n) is 9.98. The van der Waals surface area contributed by atoms with Gasteiger partial charge >= 0.3 is 0 Å². The maximum Gasteiger partial charge on any atom is 0.291 e. The van der Waals surface area contributed by atoms with E-state index >= 15 is 0 Å². The number of hydrogen-bond acceptors (Lipinski definition) is 5. The average Bonchev–Trinajstić information content (AvgIpc) is 3.02. The van der Waals surface area contributed by atoms with Crippen molar-refractivity contribution < 1.29 is 14.0 Å². The Hall–Kier alpha value is -2.44. The van der Waals surface area contributed by atoms with Crippen molar-refractivity contribution in [3.05, 3.63) is 52.5 Å².